The Bertz CT molecular complexity index is 1070. The predicted molar refractivity (Wildman–Crippen MR) is 128 cm³/mol. The number of rotatable bonds is 5. The Morgan fingerprint density at radius 3 is 2.38 bits per heavy atom. The van der Waals surface area contributed by atoms with Gasteiger partial charge in [0.2, 0.25) is 0 Å². The van der Waals surface area contributed by atoms with Crippen molar-refractivity contribution in [3.05, 3.63) is 76.7 Å². The second-order valence-corrected chi connectivity index (χ2v) is 9.20. The van der Waals surface area contributed by atoms with E-state index in [0.717, 1.165) is 29.9 Å². The lowest BCUT2D eigenvalue weighted by molar-refractivity contribution is -0.143. The summed E-state index contributed by atoms with van der Waals surface area (Å²) in [6.45, 7) is 14.1. The molecule has 0 unspecified atom stereocenters. The van der Waals surface area contributed by atoms with Gasteiger partial charge in [-0.05, 0) is 48.9 Å². The van der Waals surface area contributed by atoms with E-state index in [-0.39, 0.29) is 23.5 Å². The Morgan fingerprint density at radius 2 is 1.81 bits per heavy atom. The quantitative estimate of drug-likeness (QED) is 0.530. The van der Waals surface area contributed by atoms with Crippen molar-refractivity contribution in [2.45, 2.75) is 40.2 Å². The Kier molecular flexibility index (Phi) is 7.25. The maximum Gasteiger partial charge on any atom is 0.260 e. The molecule has 0 N–H and O–H groups in total. The van der Waals surface area contributed by atoms with Crippen LogP contribution in [0.4, 0.5) is 0 Å². The molecule has 5 nitrogen and oxygen atoms in total. The van der Waals surface area contributed by atoms with Gasteiger partial charge in [-0.1, -0.05) is 37.8 Å². The number of aryl methyl sites for hydroxylation is 1. The summed E-state index contributed by atoms with van der Waals surface area (Å²) in [6, 6.07) is 11.3. The van der Waals surface area contributed by atoms with Crippen LogP contribution in [-0.2, 0) is 11.3 Å². The number of hydrogen-bond acceptors (Lipinski definition) is 3. The van der Waals surface area contributed by atoms with Crippen LogP contribution in [0, 0.1) is 30.1 Å². The summed E-state index contributed by atoms with van der Waals surface area (Å²) in [5, 5.41) is 0. The van der Waals surface area contributed by atoms with E-state index in [4.69, 9.17) is 4.74 Å². The molecule has 1 aromatic heterocycles. The highest BCUT2D eigenvalue weighted by Gasteiger charge is 2.37. The van der Waals surface area contributed by atoms with Crippen LogP contribution in [0.1, 0.15) is 43.5 Å². The van der Waals surface area contributed by atoms with Crippen molar-refractivity contribution in [3.8, 4) is 17.6 Å². The second-order valence-electron chi connectivity index (χ2n) is 9.20. The smallest absolute Gasteiger partial charge is 0.260 e. The molecule has 0 atom stereocenters. The summed E-state index contributed by atoms with van der Waals surface area (Å²) in [7, 11) is 0. The fraction of sp³-hybridized carbons (Fsp3) is 0.407. The fourth-order valence-electron chi connectivity index (χ4n) is 3.67. The Labute approximate surface area is 190 Å². The van der Waals surface area contributed by atoms with Crippen LogP contribution in [-0.4, -0.2) is 35.1 Å². The number of carbonyl (C=O) groups is 1. The van der Waals surface area contributed by atoms with Crippen LogP contribution in [0.5, 0.6) is 5.75 Å². The van der Waals surface area contributed by atoms with Crippen molar-refractivity contribution in [1.29, 1.82) is 0 Å². The largest absolute Gasteiger partial charge is 0.484 e. The number of amides is 1. The molecule has 1 saturated carbocycles. The molecule has 0 bridgehead atoms. The van der Waals surface area contributed by atoms with Crippen molar-refractivity contribution >= 4 is 5.91 Å². The summed E-state index contributed by atoms with van der Waals surface area (Å²) in [5.74, 6) is 7.44. The predicted octanol–water partition coefficient (Wildman–Crippen LogP) is 4.02. The van der Waals surface area contributed by atoms with Gasteiger partial charge >= 0.3 is 0 Å². The number of ether oxygens (including phenoxy) is 1. The normalized spacial score (nSPS) is 16.0. The van der Waals surface area contributed by atoms with E-state index in [0.29, 0.717) is 18.2 Å². The van der Waals surface area contributed by atoms with Gasteiger partial charge in [0, 0.05) is 36.3 Å². The lowest BCUT2D eigenvalue weighted by Gasteiger charge is -2.45. The summed E-state index contributed by atoms with van der Waals surface area (Å²) >= 11 is 0. The van der Waals surface area contributed by atoms with Gasteiger partial charge in [0.1, 0.15) is 5.75 Å². The number of aromatic nitrogens is 1. The first kappa shape index (κ1) is 23.4. The van der Waals surface area contributed by atoms with E-state index in [2.05, 4.69) is 38.8 Å². The molecule has 2 fully saturated rings. The van der Waals surface area contributed by atoms with Crippen molar-refractivity contribution in [1.82, 2.24) is 9.47 Å². The van der Waals surface area contributed by atoms with Crippen LogP contribution in [0.2, 0.25) is 0 Å². The minimum absolute atomic E-state index is 0.0394. The zero-order chi connectivity index (χ0) is 23.3. The minimum atomic E-state index is -0.139. The average Bonchev–Trinajstić information content (AvgIpc) is 3.58. The van der Waals surface area contributed by atoms with Crippen molar-refractivity contribution in [2.75, 3.05) is 19.7 Å². The number of nitrogens with zero attached hydrogens (tertiary/aromatic N) is 2. The highest BCUT2D eigenvalue weighted by Crippen LogP contribution is 2.28. The fourth-order valence-corrected chi connectivity index (χ4v) is 3.67. The molecule has 5 heteroatoms. The first-order chi connectivity index (χ1) is 15.3. The molecule has 1 saturated heterocycles. The molecule has 1 aliphatic carbocycles. The number of likely N-dealkylation sites (tertiary alicyclic amines) is 1. The Balaban J connectivity index is 0.00000141. The SMILES string of the molecule is C=C.Cc1cc(OCC(=O)N2CC(C)(C)C2)cc(=O)n1Cc1ccc(C#CC2CC2)cc1. The van der Waals surface area contributed by atoms with Crippen LogP contribution in [0.3, 0.4) is 0 Å². The molecule has 0 radical (unpaired) electrons. The van der Waals surface area contributed by atoms with E-state index in [9.17, 15) is 9.59 Å². The molecule has 2 aliphatic rings. The summed E-state index contributed by atoms with van der Waals surface area (Å²) < 4.78 is 7.31. The highest BCUT2D eigenvalue weighted by molar-refractivity contribution is 5.78. The van der Waals surface area contributed by atoms with Gasteiger partial charge in [-0.2, -0.15) is 0 Å². The van der Waals surface area contributed by atoms with Gasteiger partial charge in [-0.3, -0.25) is 9.59 Å². The maximum absolute atomic E-state index is 12.6. The number of hydrogen-bond donors (Lipinski definition) is 0. The summed E-state index contributed by atoms with van der Waals surface area (Å²) in [6.07, 6.45) is 2.44. The molecule has 1 aliphatic heterocycles. The minimum Gasteiger partial charge on any atom is -0.484 e. The van der Waals surface area contributed by atoms with E-state index in [1.807, 2.05) is 37.3 Å². The third-order valence-corrected chi connectivity index (χ3v) is 5.55. The number of pyridine rings is 1. The van der Waals surface area contributed by atoms with Crippen molar-refractivity contribution in [2.24, 2.45) is 11.3 Å². The van der Waals surface area contributed by atoms with E-state index in [1.165, 1.54) is 18.9 Å². The number of benzene rings is 1. The Hall–Kier alpha value is -3.26. The van der Waals surface area contributed by atoms with Gasteiger partial charge in [-0.25, -0.2) is 0 Å². The first-order valence-corrected chi connectivity index (χ1v) is 11.0. The van der Waals surface area contributed by atoms with Gasteiger partial charge in [0.25, 0.3) is 11.5 Å². The monoisotopic (exact) mass is 432 g/mol. The third kappa shape index (κ3) is 6.13. The molecule has 2 heterocycles. The molecule has 0 spiro atoms. The lowest BCUT2D eigenvalue weighted by Crippen LogP contribution is -2.56. The zero-order valence-corrected chi connectivity index (χ0v) is 19.3. The van der Waals surface area contributed by atoms with Gasteiger partial charge in [0.15, 0.2) is 6.61 Å². The van der Waals surface area contributed by atoms with E-state index in [1.54, 1.807) is 9.47 Å². The molecule has 1 aromatic carbocycles. The van der Waals surface area contributed by atoms with Crippen LogP contribution < -0.4 is 10.3 Å². The molecular formula is C27H32N2O3. The second kappa shape index (κ2) is 9.91. The van der Waals surface area contributed by atoms with Gasteiger partial charge < -0.3 is 14.2 Å². The highest BCUT2D eigenvalue weighted by atomic mass is 16.5. The molecular weight excluding hydrogens is 400 g/mol. The van der Waals surface area contributed by atoms with Gasteiger partial charge in [0.05, 0.1) is 6.54 Å². The molecule has 32 heavy (non-hydrogen) atoms. The average molecular weight is 433 g/mol. The topological polar surface area (TPSA) is 51.5 Å². The standard InChI is InChI=1S/C25H28N2O3.C2H4/c1-18-12-22(30-15-24(29)26-16-25(2,3)17-26)13-23(28)27(18)14-21-10-8-20(9-11-21)7-6-19-4-5-19;1-2/h8-13,19H,4-5,14-17H2,1-3H3;1-2H2. The van der Waals surface area contributed by atoms with E-state index < -0.39 is 0 Å². The molecule has 1 amide bonds. The first-order valence-electron chi connectivity index (χ1n) is 11.0. The Morgan fingerprint density at radius 1 is 1.16 bits per heavy atom. The van der Waals surface area contributed by atoms with Gasteiger partial charge in [-0.15, -0.1) is 13.2 Å². The van der Waals surface area contributed by atoms with Crippen molar-refractivity contribution in [3.63, 3.8) is 0 Å². The molecule has 4 rings (SSSR count). The zero-order valence-electron chi connectivity index (χ0n) is 19.3. The summed E-state index contributed by atoms with van der Waals surface area (Å²) in [4.78, 5) is 26.6. The maximum atomic E-state index is 12.6. The number of carbonyl (C=O) groups excluding carboxylic acids is 1. The van der Waals surface area contributed by atoms with Crippen LogP contribution in [0.15, 0.2) is 54.4 Å². The summed E-state index contributed by atoms with van der Waals surface area (Å²) in [5.41, 5.74) is 2.90. The van der Waals surface area contributed by atoms with Crippen LogP contribution in [0.25, 0.3) is 0 Å². The molecule has 2 aromatic rings. The van der Waals surface area contributed by atoms with E-state index >= 15 is 0 Å². The van der Waals surface area contributed by atoms with Crippen molar-refractivity contribution < 1.29 is 9.53 Å². The third-order valence-electron chi connectivity index (χ3n) is 5.55. The van der Waals surface area contributed by atoms with Crippen LogP contribution >= 0.6 is 0 Å². The molecule has 168 valence electrons. The lowest BCUT2D eigenvalue weighted by atomic mass is 9.84.